The van der Waals surface area contributed by atoms with Crippen LogP contribution >= 0.6 is 0 Å². The number of benzene rings is 2. The van der Waals surface area contributed by atoms with Crippen LogP contribution in [-0.4, -0.2) is 80.1 Å². The number of aromatic nitrogens is 4. The first kappa shape index (κ1) is 35.9. The lowest BCUT2D eigenvalue weighted by atomic mass is 9.97. The van der Waals surface area contributed by atoms with Crippen LogP contribution in [0.25, 0.3) is 22.5 Å². The molecule has 4 rings (SSSR count). The number of rotatable bonds is 16. The number of ether oxygens (including phenoxy) is 3. The number of carbonyl (C=O) groups is 3. The van der Waals surface area contributed by atoms with Crippen LogP contribution in [0.3, 0.4) is 0 Å². The minimum absolute atomic E-state index is 0.0228. The highest BCUT2D eigenvalue weighted by atomic mass is 17.0. The van der Waals surface area contributed by atoms with Crippen molar-refractivity contribution in [2.75, 3.05) is 7.11 Å². The van der Waals surface area contributed by atoms with Crippen molar-refractivity contribution in [3.63, 3.8) is 0 Å². The summed E-state index contributed by atoms with van der Waals surface area (Å²) in [6.45, 7) is 7.19. The van der Waals surface area contributed by atoms with Gasteiger partial charge in [0.25, 0.3) is 5.09 Å². The topological polar surface area (TPSA) is 189 Å². The predicted molar refractivity (Wildman–Crippen MR) is 171 cm³/mol. The molecule has 1 unspecified atom stereocenters. The van der Waals surface area contributed by atoms with Gasteiger partial charge in [-0.2, -0.15) is 0 Å². The van der Waals surface area contributed by atoms with E-state index in [4.69, 9.17) is 14.2 Å². The predicted octanol–water partition coefficient (Wildman–Crippen LogP) is 4.51. The quantitative estimate of drug-likeness (QED) is 0.0976. The van der Waals surface area contributed by atoms with Gasteiger partial charge in [0.15, 0.2) is 5.82 Å². The zero-order chi connectivity index (χ0) is 34.8. The highest BCUT2D eigenvalue weighted by molar-refractivity contribution is 5.85. The summed E-state index contributed by atoms with van der Waals surface area (Å²) in [7, 11) is 1.38. The number of nitrogens with zero attached hydrogens (tertiary/aromatic N) is 5. The molecule has 15 heteroatoms. The third-order valence-electron chi connectivity index (χ3n) is 8.29. The van der Waals surface area contributed by atoms with Crippen LogP contribution in [0.1, 0.15) is 65.4 Å². The third kappa shape index (κ3) is 9.12. The monoisotopic (exact) mass is 666 g/mol. The van der Waals surface area contributed by atoms with Gasteiger partial charge in [0, 0.05) is 32.6 Å². The molecule has 0 bridgehead atoms. The van der Waals surface area contributed by atoms with E-state index in [1.165, 1.54) is 18.9 Å². The Balaban J connectivity index is 1.47. The lowest BCUT2D eigenvalue weighted by molar-refractivity contribution is -0.770. The van der Waals surface area contributed by atoms with Gasteiger partial charge in [-0.25, -0.2) is 9.89 Å². The Labute approximate surface area is 278 Å². The Morgan fingerprint density at radius 2 is 1.71 bits per heavy atom. The molecule has 0 spiro atoms. The van der Waals surface area contributed by atoms with Crippen LogP contribution < -0.4 is 0 Å². The molecule has 2 aromatic carbocycles. The standard InChI is InChI=1S/C33H42N6O9/c1-6-7-12-29(40)38(19-22-13-15-23(16-14-22)25-10-8-9-11-26(25)31-34-36-37-35-31)30(20(2)3)33(42)47-21(4)46-32(41)24-17-27(45-5)28(18-24)48-39(43)44/h8-11,13-16,20-21,24,27-28,30H,6-7,12,17-19H2,1-5H3,(H,34,35,36,37)/t21?,24-,27-,28-,30-/m0/s1. The second-order valence-corrected chi connectivity index (χ2v) is 12.1. The fraction of sp³-hybridized carbons (Fsp3) is 0.515. The first-order valence-electron chi connectivity index (χ1n) is 16.0. The molecule has 3 aromatic rings. The van der Waals surface area contributed by atoms with E-state index in [9.17, 15) is 24.5 Å². The Kier molecular flexibility index (Phi) is 12.5. The number of carbonyl (C=O) groups excluding carboxylic acids is 3. The van der Waals surface area contributed by atoms with Crippen LogP contribution in [0, 0.1) is 22.0 Å². The zero-order valence-corrected chi connectivity index (χ0v) is 27.7. The maximum atomic E-state index is 13.6. The maximum absolute atomic E-state index is 13.6. The Morgan fingerprint density at radius 1 is 1.02 bits per heavy atom. The second kappa shape index (κ2) is 16.8. The number of amides is 1. The van der Waals surface area contributed by atoms with Gasteiger partial charge in [0.05, 0.1) is 12.0 Å². The summed E-state index contributed by atoms with van der Waals surface area (Å²) in [6.07, 6.45) is -0.953. The van der Waals surface area contributed by atoms with E-state index in [2.05, 4.69) is 25.5 Å². The molecular weight excluding hydrogens is 624 g/mol. The fourth-order valence-electron chi connectivity index (χ4n) is 5.91. The van der Waals surface area contributed by atoms with E-state index < -0.39 is 47.5 Å². The van der Waals surface area contributed by atoms with Gasteiger partial charge in [-0.05, 0) is 52.3 Å². The van der Waals surface area contributed by atoms with Crippen molar-refractivity contribution in [3.8, 4) is 22.5 Å². The molecule has 0 saturated heterocycles. The maximum Gasteiger partial charge on any atom is 0.332 e. The van der Waals surface area contributed by atoms with Crippen molar-refractivity contribution >= 4 is 17.8 Å². The molecule has 48 heavy (non-hydrogen) atoms. The largest absolute Gasteiger partial charge is 0.425 e. The molecule has 1 aromatic heterocycles. The van der Waals surface area contributed by atoms with E-state index >= 15 is 0 Å². The van der Waals surface area contributed by atoms with Crippen molar-refractivity contribution in [2.24, 2.45) is 11.8 Å². The third-order valence-corrected chi connectivity index (χ3v) is 8.29. The van der Waals surface area contributed by atoms with Gasteiger partial charge >= 0.3 is 11.9 Å². The van der Waals surface area contributed by atoms with Crippen molar-refractivity contribution in [2.45, 2.75) is 90.9 Å². The Morgan fingerprint density at radius 3 is 2.31 bits per heavy atom. The van der Waals surface area contributed by atoms with E-state index in [1.807, 2.05) is 69.3 Å². The number of aromatic amines is 1. The number of tetrazole rings is 1. The van der Waals surface area contributed by atoms with Gasteiger partial charge < -0.3 is 23.9 Å². The summed E-state index contributed by atoms with van der Waals surface area (Å²) in [5, 5.41) is 24.1. The van der Waals surface area contributed by atoms with Crippen LogP contribution in [0.4, 0.5) is 0 Å². The average Bonchev–Trinajstić information content (AvgIpc) is 3.74. The summed E-state index contributed by atoms with van der Waals surface area (Å²) in [5.74, 6) is -2.13. The van der Waals surface area contributed by atoms with Gasteiger partial charge in [-0.1, -0.05) is 75.7 Å². The molecule has 5 atom stereocenters. The number of nitrogens with one attached hydrogen (secondary N) is 1. The number of hydrogen-bond donors (Lipinski definition) is 1. The van der Waals surface area contributed by atoms with Crippen molar-refractivity contribution in [1.29, 1.82) is 0 Å². The van der Waals surface area contributed by atoms with E-state index in [0.717, 1.165) is 28.7 Å². The minimum atomic E-state index is -1.27. The van der Waals surface area contributed by atoms with Gasteiger partial charge in [0.1, 0.15) is 12.1 Å². The second-order valence-electron chi connectivity index (χ2n) is 12.1. The van der Waals surface area contributed by atoms with Crippen molar-refractivity contribution in [1.82, 2.24) is 25.5 Å². The molecule has 1 fully saturated rings. The number of esters is 2. The molecule has 1 aliphatic carbocycles. The Hall–Kier alpha value is -4.92. The highest BCUT2D eigenvalue weighted by Crippen LogP contribution is 2.32. The van der Waals surface area contributed by atoms with Crippen molar-refractivity contribution < 1.29 is 38.5 Å². The minimum Gasteiger partial charge on any atom is -0.425 e. The number of methoxy groups -OCH3 is 1. The van der Waals surface area contributed by atoms with Crippen LogP contribution in [0.15, 0.2) is 48.5 Å². The van der Waals surface area contributed by atoms with Gasteiger partial charge in [0.2, 0.25) is 12.2 Å². The summed E-state index contributed by atoms with van der Waals surface area (Å²) in [5.41, 5.74) is 3.48. The average molecular weight is 667 g/mol. The first-order valence-corrected chi connectivity index (χ1v) is 16.0. The normalized spacial score (nSPS) is 18.6. The van der Waals surface area contributed by atoms with Crippen LogP contribution in [-0.2, 0) is 40.0 Å². The molecule has 1 amide bonds. The SMILES string of the molecule is CCCCC(=O)N(Cc1ccc(-c2ccccc2-c2nnn[nH]2)cc1)[C@H](C(=O)OC(C)OC(=O)[C@H]1C[C@H](OC)[C@@H](O[N+](=O)[O-])C1)C(C)C. The molecule has 1 heterocycles. The summed E-state index contributed by atoms with van der Waals surface area (Å²) in [4.78, 5) is 57.1. The molecule has 258 valence electrons. The van der Waals surface area contributed by atoms with E-state index in [-0.39, 0.29) is 37.6 Å². The lowest BCUT2D eigenvalue weighted by Gasteiger charge is -2.33. The van der Waals surface area contributed by atoms with E-state index in [1.54, 1.807) is 0 Å². The number of hydrogen-bond acceptors (Lipinski definition) is 12. The fourth-order valence-corrected chi connectivity index (χ4v) is 5.91. The van der Waals surface area contributed by atoms with E-state index in [0.29, 0.717) is 12.2 Å². The first-order chi connectivity index (χ1) is 23.0. The lowest BCUT2D eigenvalue weighted by Crippen LogP contribution is -2.49. The van der Waals surface area contributed by atoms with Gasteiger partial charge in [-0.15, -0.1) is 15.2 Å². The van der Waals surface area contributed by atoms with Crippen LogP contribution in [0.2, 0.25) is 0 Å². The highest BCUT2D eigenvalue weighted by Gasteiger charge is 2.42. The molecule has 0 aliphatic heterocycles. The zero-order valence-electron chi connectivity index (χ0n) is 27.7. The smallest absolute Gasteiger partial charge is 0.332 e. The molecular formula is C33H42N6O9. The molecule has 0 radical (unpaired) electrons. The molecule has 15 nitrogen and oxygen atoms in total. The summed E-state index contributed by atoms with van der Waals surface area (Å²) >= 11 is 0. The van der Waals surface area contributed by atoms with Gasteiger partial charge in [-0.3, -0.25) is 9.59 Å². The molecule has 1 saturated carbocycles. The van der Waals surface area contributed by atoms with Crippen molar-refractivity contribution in [3.05, 3.63) is 64.2 Å². The number of H-pyrrole nitrogens is 1. The summed E-state index contributed by atoms with van der Waals surface area (Å²) in [6, 6.07) is 14.4. The summed E-state index contributed by atoms with van der Waals surface area (Å²) < 4.78 is 16.2. The molecule has 1 N–H and O–H groups in total. The molecule has 1 aliphatic rings. The Bertz CT molecular complexity index is 1530. The number of unbranched alkanes of at least 4 members (excludes halogenated alkanes) is 1. The van der Waals surface area contributed by atoms with Crippen LogP contribution in [0.5, 0.6) is 0 Å².